The molecule has 0 radical (unpaired) electrons. The predicted octanol–water partition coefficient (Wildman–Crippen LogP) is 5.77. The van der Waals surface area contributed by atoms with Gasteiger partial charge in [0.1, 0.15) is 12.4 Å². The van der Waals surface area contributed by atoms with Gasteiger partial charge < -0.3 is 9.84 Å². The number of nitrogens with zero attached hydrogens (tertiary/aromatic N) is 2. The molecule has 0 spiro atoms. The molecular formula is C28H21I2N3O5. The van der Waals surface area contributed by atoms with Crippen LogP contribution in [0.1, 0.15) is 22.3 Å². The molecule has 0 fully saturated rings. The summed E-state index contributed by atoms with van der Waals surface area (Å²) in [6, 6.07) is 27.4. The van der Waals surface area contributed by atoms with E-state index < -0.39 is 16.4 Å². The molecule has 4 rings (SSSR count). The Morgan fingerprint density at radius 1 is 0.947 bits per heavy atom. The van der Waals surface area contributed by atoms with E-state index in [1.807, 2.05) is 24.3 Å². The van der Waals surface area contributed by atoms with Crippen LogP contribution in [0.15, 0.2) is 102 Å². The van der Waals surface area contributed by atoms with Crippen LogP contribution in [0.4, 0.5) is 5.69 Å². The van der Waals surface area contributed by atoms with Crippen molar-refractivity contribution in [1.29, 1.82) is 0 Å². The van der Waals surface area contributed by atoms with Crippen LogP contribution in [0.5, 0.6) is 5.75 Å². The summed E-state index contributed by atoms with van der Waals surface area (Å²) in [5.41, 5.74) is 2.80. The van der Waals surface area contributed by atoms with E-state index in [2.05, 4.69) is 55.7 Å². The van der Waals surface area contributed by atoms with E-state index in [4.69, 9.17) is 4.74 Å². The molecule has 0 aliphatic heterocycles. The highest BCUT2D eigenvalue weighted by Gasteiger charge is 2.39. The molecule has 10 heteroatoms. The van der Waals surface area contributed by atoms with Gasteiger partial charge in [0.05, 0.1) is 18.3 Å². The van der Waals surface area contributed by atoms with Crippen molar-refractivity contribution in [2.24, 2.45) is 5.10 Å². The quantitative estimate of drug-likeness (QED) is 0.0983. The summed E-state index contributed by atoms with van der Waals surface area (Å²) >= 11 is 4.28. The Morgan fingerprint density at radius 2 is 1.53 bits per heavy atom. The molecule has 2 N–H and O–H groups in total. The van der Waals surface area contributed by atoms with Crippen LogP contribution in [-0.4, -0.2) is 22.2 Å². The van der Waals surface area contributed by atoms with Crippen molar-refractivity contribution >= 4 is 63.0 Å². The number of halogens is 2. The monoisotopic (exact) mass is 733 g/mol. The predicted molar refractivity (Wildman–Crippen MR) is 161 cm³/mol. The number of hydrogen-bond donors (Lipinski definition) is 2. The molecule has 0 aromatic heterocycles. The van der Waals surface area contributed by atoms with Crippen molar-refractivity contribution in [3.63, 3.8) is 0 Å². The Labute approximate surface area is 246 Å². The number of hydrogen-bond acceptors (Lipinski definition) is 6. The van der Waals surface area contributed by atoms with E-state index in [1.165, 1.54) is 18.3 Å². The first kappa shape index (κ1) is 27.7. The highest BCUT2D eigenvalue weighted by atomic mass is 127. The third-order valence-corrected chi connectivity index (χ3v) is 7.22. The Morgan fingerprint density at radius 3 is 2.08 bits per heavy atom. The summed E-state index contributed by atoms with van der Waals surface area (Å²) in [5, 5.41) is 26.6. The average Bonchev–Trinajstić information content (AvgIpc) is 2.93. The van der Waals surface area contributed by atoms with Gasteiger partial charge in [0.15, 0.2) is 5.60 Å². The van der Waals surface area contributed by atoms with Gasteiger partial charge >= 0.3 is 0 Å². The summed E-state index contributed by atoms with van der Waals surface area (Å²) in [6.07, 6.45) is 1.49. The van der Waals surface area contributed by atoms with Gasteiger partial charge in [-0.1, -0.05) is 72.8 Å². The number of carbonyl (C=O) groups excluding carboxylic acids is 1. The van der Waals surface area contributed by atoms with Gasteiger partial charge in [-0.2, -0.15) is 5.10 Å². The number of nitro groups is 1. The van der Waals surface area contributed by atoms with E-state index in [0.29, 0.717) is 28.0 Å². The summed E-state index contributed by atoms with van der Waals surface area (Å²) in [5.74, 6) is -0.0473. The molecule has 0 saturated carbocycles. The second kappa shape index (κ2) is 12.5. The van der Waals surface area contributed by atoms with Gasteiger partial charge in [-0.25, -0.2) is 5.43 Å². The zero-order chi connectivity index (χ0) is 27.1. The number of carbonyl (C=O) groups is 1. The van der Waals surface area contributed by atoms with Crippen molar-refractivity contribution in [2.75, 3.05) is 0 Å². The number of nitro benzene ring substituents is 1. The van der Waals surface area contributed by atoms with Crippen molar-refractivity contribution in [1.82, 2.24) is 5.43 Å². The van der Waals surface area contributed by atoms with Crippen molar-refractivity contribution < 1.29 is 19.6 Å². The maximum atomic E-state index is 13.2. The topological polar surface area (TPSA) is 114 Å². The highest BCUT2D eigenvalue weighted by molar-refractivity contribution is 14.1. The van der Waals surface area contributed by atoms with E-state index in [0.717, 1.165) is 7.14 Å². The molecule has 0 unspecified atom stereocenters. The van der Waals surface area contributed by atoms with Gasteiger partial charge in [-0.05, 0) is 79.6 Å². The van der Waals surface area contributed by atoms with Gasteiger partial charge in [-0.15, -0.1) is 0 Å². The number of aliphatic hydroxyl groups is 1. The summed E-state index contributed by atoms with van der Waals surface area (Å²) in [7, 11) is 0. The second-order valence-corrected chi connectivity index (χ2v) is 10.5. The van der Waals surface area contributed by atoms with E-state index in [1.54, 1.807) is 60.7 Å². The number of nitrogens with one attached hydrogen (secondary N) is 1. The third-order valence-electron chi connectivity index (χ3n) is 5.62. The zero-order valence-electron chi connectivity index (χ0n) is 19.8. The molecule has 0 saturated heterocycles. The number of hydrazone groups is 1. The van der Waals surface area contributed by atoms with E-state index in [-0.39, 0.29) is 12.3 Å². The fraction of sp³-hybridized carbons (Fsp3) is 0.0714. The van der Waals surface area contributed by atoms with Crippen LogP contribution < -0.4 is 10.2 Å². The zero-order valence-corrected chi connectivity index (χ0v) is 24.1. The number of rotatable bonds is 9. The molecule has 0 heterocycles. The van der Waals surface area contributed by atoms with E-state index >= 15 is 0 Å². The molecule has 8 nitrogen and oxygen atoms in total. The molecule has 4 aromatic rings. The van der Waals surface area contributed by atoms with Crippen LogP contribution in [-0.2, 0) is 17.0 Å². The minimum atomic E-state index is -1.92. The lowest BCUT2D eigenvalue weighted by molar-refractivity contribution is -0.384. The number of amides is 1. The lowest BCUT2D eigenvalue weighted by Crippen LogP contribution is -2.43. The third kappa shape index (κ3) is 6.37. The van der Waals surface area contributed by atoms with Crippen LogP contribution in [0, 0.1) is 17.3 Å². The molecule has 192 valence electrons. The number of non-ortho nitro benzene ring substituents is 1. The molecule has 38 heavy (non-hydrogen) atoms. The lowest BCUT2D eigenvalue weighted by Gasteiger charge is -2.27. The first-order chi connectivity index (χ1) is 18.3. The lowest BCUT2D eigenvalue weighted by atomic mass is 9.85. The molecule has 0 aliphatic carbocycles. The van der Waals surface area contributed by atoms with Gasteiger partial charge in [0.25, 0.3) is 11.6 Å². The average molecular weight is 733 g/mol. The van der Waals surface area contributed by atoms with Crippen LogP contribution >= 0.6 is 45.2 Å². The smallest absolute Gasteiger partial charge is 0.281 e. The van der Waals surface area contributed by atoms with Crippen LogP contribution in [0.3, 0.4) is 0 Å². The Bertz CT molecular complexity index is 1420. The summed E-state index contributed by atoms with van der Waals surface area (Å²) < 4.78 is 7.55. The van der Waals surface area contributed by atoms with Crippen LogP contribution in [0.25, 0.3) is 0 Å². The Balaban J connectivity index is 1.48. The normalized spacial score (nSPS) is 11.3. The van der Waals surface area contributed by atoms with Gasteiger partial charge in [0.2, 0.25) is 0 Å². The first-order valence-corrected chi connectivity index (χ1v) is 13.5. The fourth-order valence-corrected chi connectivity index (χ4v) is 5.87. The standard InChI is InChI=1S/C28H21I2N3O5/c29-24-15-20(16-25(30)26(24)38-18-19-8-7-13-23(14-19)33(36)37)17-31-32-27(34)28(35,21-9-3-1-4-10-21)22-11-5-2-6-12-22/h1-17,35H,18H2,(H,32,34)/b31-17+. The molecule has 1 amide bonds. The first-order valence-electron chi connectivity index (χ1n) is 11.3. The maximum absolute atomic E-state index is 13.2. The van der Waals surface area contributed by atoms with E-state index in [9.17, 15) is 20.0 Å². The van der Waals surface area contributed by atoms with Crippen molar-refractivity contribution in [3.05, 3.63) is 137 Å². The minimum absolute atomic E-state index is 0.00975. The van der Waals surface area contributed by atoms with Gasteiger partial charge in [-0.3, -0.25) is 14.9 Å². The Kier molecular flexibility index (Phi) is 9.07. The SMILES string of the molecule is O=C(N/N=C/c1cc(I)c(OCc2cccc([N+](=O)[O-])c2)c(I)c1)C(O)(c1ccccc1)c1ccccc1. The van der Waals surface area contributed by atoms with Crippen molar-refractivity contribution in [2.45, 2.75) is 12.2 Å². The molecule has 0 aliphatic rings. The minimum Gasteiger partial charge on any atom is -0.487 e. The number of benzene rings is 4. The molecular weight excluding hydrogens is 712 g/mol. The Hall–Kier alpha value is -3.36. The van der Waals surface area contributed by atoms with Crippen LogP contribution in [0.2, 0.25) is 0 Å². The maximum Gasteiger partial charge on any atom is 0.281 e. The number of ether oxygens (including phenoxy) is 1. The molecule has 4 aromatic carbocycles. The van der Waals surface area contributed by atoms with Gasteiger partial charge in [0, 0.05) is 12.1 Å². The summed E-state index contributed by atoms with van der Waals surface area (Å²) in [4.78, 5) is 23.8. The second-order valence-electron chi connectivity index (χ2n) is 8.17. The van der Waals surface area contributed by atoms with Crippen molar-refractivity contribution in [3.8, 4) is 5.75 Å². The molecule has 0 atom stereocenters. The molecule has 0 bridgehead atoms. The largest absolute Gasteiger partial charge is 0.487 e. The highest BCUT2D eigenvalue weighted by Crippen LogP contribution is 2.31. The fourth-order valence-electron chi connectivity index (χ4n) is 3.74. The summed E-state index contributed by atoms with van der Waals surface area (Å²) in [6.45, 7) is 0.175.